The van der Waals surface area contributed by atoms with E-state index < -0.39 is 0 Å². The average molecular weight is 736 g/mol. The predicted octanol–water partition coefficient (Wildman–Crippen LogP) is 16.0. The number of hydrogen-bond acceptors (Lipinski definition) is 3. The van der Waals surface area contributed by atoms with Crippen molar-refractivity contribution < 1.29 is 0 Å². The summed E-state index contributed by atoms with van der Waals surface area (Å²) in [6.07, 6.45) is 0. The summed E-state index contributed by atoms with van der Waals surface area (Å²) < 4.78 is 5.32. The summed E-state index contributed by atoms with van der Waals surface area (Å²) >= 11 is 3.75. The molecule has 55 heavy (non-hydrogen) atoms. The van der Waals surface area contributed by atoms with E-state index in [1.54, 1.807) is 0 Å². The molecule has 0 saturated carbocycles. The molecule has 0 unspecified atom stereocenters. The molecule has 2 heterocycles. The zero-order valence-corrected chi connectivity index (χ0v) is 31.4. The van der Waals surface area contributed by atoms with Crippen molar-refractivity contribution in [1.82, 2.24) is 0 Å². The van der Waals surface area contributed by atoms with Gasteiger partial charge in [-0.15, -0.1) is 22.7 Å². The van der Waals surface area contributed by atoms with Gasteiger partial charge in [-0.2, -0.15) is 0 Å². The van der Waals surface area contributed by atoms with E-state index >= 15 is 0 Å². The number of fused-ring (bicyclic) bond motifs is 8. The second kappa shape index (κ2) is 13.1. The lowest BCUT2D eigenvalue weighted by Gasteiger charge is -2.26. The minimum atomic E-state index is 1.11. The summed E-state index contributed by atoms with van der Waals surface area (Å²) in [4.78, 5) is 2.37. The fourth-order valence-electron chi connectivity index (χ4n) is 8.18. The van der Waals surface area contributed by atoms with Gasteiger partial charge in [-0.3, -0.25) is 0 Å². The molecule has 0 aliphatic heterocycles. The Morgan fingerprint density at radius 3 is 1.60 bits per heavy atom. The molecule has 0 fully saturated rings. The Morgan fingerprint density at radius 2 is 0.855 bits per heavy atom. The molecule has 0 saturated heterocycles. The smallest absolute Gasteiger partial charge is 0.0462 e. The van der Waals surface area contributed by atoms with Gasteiger partial charge in [0.15, 0.2) is 0 Å². The van der Waals surface area contributed by atoms with E-state index in [1.165, 1.54) is 84.5 Å². The Morgan fingerprint density at radius 1 is 0.309 bits per heavy atom. The number of thiophene rings is 2. The quantitative estimate of drug-likeness (QED) is 0.164. The van der Waals surface area contributed by atoms with Crippen LogP contribution in [0.1, 0.15) is 0 Å². The zero-order valence-electron chi connectivity index (χ0n) is 29.8. The molecule has 1 nitrogen and oxygen atoms in total. The van der Waals surface area contributed by atoms with E-state index in [0.717, 1.165) is 17.1 Å². The van der Waals surface area contributed by atoms with Gasteiger partial charge >= 0.3 is 0 Å². The van der Waals surface area contributed by atoms with Gasteiger partial charge in [-0.25, -0.2) is 0 Å². The van der Waals surface area contributed by atoms with E-state index in [4.69, 9.17) is 0 Å². The Labute approximate surface area is 327 Å². The number of benzene rings is 9. The summed E-state index contributed by atoms with van der Waals surface area (Å²) in [6.45, 7) is 0. The van der Waals surface area contributed by atoms with Crippen molar-refractivity contribution in [3.05, 3.63) is 200 Å². The number of rotatable bonds is 6. The highest BCUT2D eigenvalue weighted by atomic mass is 32.1. The second-order valence-electron chi connectivity index (χ2n) is 14.1. The second-order valence-corrected chi connectivity index (χ2v) is 16.2. The maximum Gasteiger partial charge on any atom is 0.0462 e. The van der Waals surface area contributed by atoms with Crippen molar-refractivity contribution in [1.29, 1.82) is 0 Å². The fourth-order valence-corrected chi connectivity index (χ4v) is 10.5. The van der Waals surface area contributed by atoms with Crippen LogP contribution in [0.4, 0.5) is 17.1 Å². The van der Waals surface area contributed by atoms with Crippen LogP contribution in [0.3, 0.4) is 0 Å². The third-order valence-electron chi connectivity index (χ3n) is 10.9. The topological polar surface area (TPSA) is 3.24 Å². The third kappa shape index (κ3) is 5.51. The van der Waals surface area contributed by atoms with Crippen LogP contribution in [-0.4, -0.2) is 0 Å². The van der Waals surface area contributed by atoms with Gasteiger partial charge in [0.1, 0.15) is 0 Å². The van der Waals surface area contributed by atoms with Crippen molar-refractivity contribution in [2.24, 2.45) is 0 Å². The SMILES string of the molecule is c1ccc(-c2ccc(N(c3ccc(-c4ccc5sc6ccc7ccccc7c6c5c4)cc3)c3ccc(-c4cccc5c4sc4ccccc45)cc3)cc2)cc1. The van der Waals surface area contributed by atoms with Crippen LogP contribution < -0.4 is 4.90 Å². The van der Waals surface area contributed by atoms with Crippen molar-refractivity contribution in [3.8, 4) is 33.4 Å². The molecular weight excluding hydrogens is 703 g/mol. The van der Waals surface area contributed by atoms with E-state index in [-0.39, 0.29) is 0 Å². The molecule has 0 atom stereocenters. The average Bonchev–Trinajstić information content (AvgIpc) is 3.83. The first-order chi connectivity index (χ1) is 27.2. The first kappa shape index (κ1) is 32.0. The van der Waals surface area contributed by atoms with Crippen molar-refractivity contribution in [2.45, 2.75) is 0 Å². The largest absolute Gasteiger partial charge is 0.311 e. The summed E-state index contributed by atoms with van der Waals surface area (Å²) in [5.74, 6) is 0. The summed E-state index contributed by atoms with van der Waals surface area (Å²) in [5, 5.41) is 7.93. The lowest BCUT2D eigenvalue weighted by molar-refractivity contribution is 1.28. The standard InChI is InChI=1S/C52H33NS2/c1-2-9-34(10-3-1)35-17-25-40(26-18-35)53(42-29-21-38(22-30-42)44-14-8-15-46-45-13-6-7-16-48(45)55-52(44)46)41-27-19-36(20-28-41)39-24-31-49-47(33-39)51-43-12-5-4-11-37(43)23-32-50(51)54-49/h1-33H. The van der Waals surface area contributed by atoms with Crippen LogP contribution in [0.2, 0.25) is 0 Å². The van der Waals surface area contributed by atoms with Crippen molar-refractivity contribution >= 4 is 90.9 Å². The highest BCUT2D eigenvalue weighted by molar-refractivity contribution is 7.26. The molecule has 0 spiro atoms. The molecule has 0 N–H and O–H groups in total. The Hall–Kier alpha value is -6.52. The molecule has 2 aromatic heterocycles. The van der Waals surface area contributed by atoms with Gasteiger partial charge in [-0.1, -0.05) is 140 Å². The van der Waals surface area contributed by atoms with Crippen LogP contribution in [-0.2, 0) is 0 Å². The fraction of sp³-hybridized carbons (Fsp3) is 0. The maximum atomic E-state index is 2.38. The monoisotopic (exact) mass is 735 g/mol. The first-order valence-electron chi connectivity index (χ1n) is 18.7. The van der Waals surface area contributed by atoms with E-state index in [2.05, 4.69) is 205 Å². The lowest BCUT2D eigenvalue weighted by Crippen LogP contribution is -2.09. The van der Waals surface area contributed by atoms with Crippen LogP contribution >= 0.6 is 22.7 Å². The van der Waals surface area contributed by atoms with Gasteiger partial charge in [0.2, 0.25) is 0 Å². The molecule has 9 aromatic carbocycles. The van der Waals surface area contributed by atoms with E-state index in [9.17, 15) is 0 Å². The Kier molecular flexibility index (Phi) is 7.61. The molecule has 11 aromatic rings. The molecule has 258 valence electrons. The van der Waals surface area contributed by atoms with Crippen LogP contribution in [0.5, 0.6) is 0 Å². The zero-order chi connectivity index (χ0) is 36.3. The van der Waals surface area contributed by atoms with Gasteiger partial charge < -0.3 is 4.90 Å². The highest BCUT2D eigenvalue weighted by Crippen LogP contribution is 2.43. The van der Waals surface area contributed by atoms with Crippen molar-refractivity contribution in [3.63, 3.8) is 0 Å². The molecule has 0 radical (unpaired) electrons. The molecular formula is C52H33NS2. The Bertz CT molecular complexity index is 3170. The molecule has 0 aliphatic rings. The first-order valence-corrected chi connectivity index (χ1v) is 20.3. The molecule has 0 aliphatic carbocycles. The van der Waals surface area contributed by atoms with Gasteiger partial charge in [-0.05, 0) is 105 Å². The summed E-state index contributed by atoms with van der Waals surface area (Å²) in [6, 6.07) is 73.3. The van der Waals surface area contributed by atoms with Crippen LogP contribution in [0, 0.1) is 0 Å². The molecule has 0 amide bonds. The highest BCUT2D eigenvalue weighted by Gasteiger charge is 2.16. The van der Waals surface area contributed by atoms with E-state index in [1.807, 2.05) is 22.7 Å². The summed E-state index contributed by atoms with van der Waals surface area (Å²) in [5.41, 5.74) is 10.7. The molecule has 11 rings (SSSR count). The lowest BCUT2D eigenvalue weighted by atomic mass is 9.99. The minimum Gasteiger partial charge on any atom is -0.311 e. The van der Waals surface area contributed by atoms with Gasteiger partial charge in [0.25, 0.3) is 0 Å². The Balaban J connectivity index is 0.988. The van der Waals surface area contributed by atoms with Gasteiger partial charge in [0.05, 0.1) is 0 Å². The summed E-state index contributed by atoms with van der Waals surface area (Å²) in [7, 11) is 0. The molecule has 3 heteroatoms. The minimum absolute atomic E-state index is 1.11. The van der Waals surface area contributed by atoms with Crippen molar-refractivity contribution in [2.75, 3.05) is 4.90 Å². The van der Waals surface area contributed by atoms with Crippen LogP contribution in [0.25, 0.3) is 84.5 Å². The number of hydrogen-bond donors (Lipinski definition) is 0. The number of nitrogens with zero attached hydrogens (tertiary/aromatic N) is 1. The van der Waals surface area contributed by atoms with Gasteiger partial charge in [0, 0.05) is 57.4 Å². The van der Waals surface area contributed by atoms with E-state index in [0.29, 0.717) is 0 Å². The predicted molar refractivity (Wildman–Crippen MR) is 241 cm³/mol. The normalized spacial score (nSPS) is 11.6. The van der Waals surface area contributed by atoms with Crippen LogP contribution in [0.15, 0.2) is 200 Å². The maximum absolute atomic E-state index is 2.38. The third-order valence-corrected chi connectivity index (χ3v) is 13.2. The molecule has 0 bridgehead atoms. The number of anilines is 3.